The van der Waals surface area contributed by atoms with E-state index in [9.17, 15) is 13.2 Å². The van der Waals surface area contributed by atoms with Gasteiger partial charge in [-0.2, -0.15) is 4.39 Å². The standard InChI is InChI=1S/C13H9BrF3NO/c14-8-4-10(16)13(17)12(5-8)19-11-2-1-7(6-18)3-9(11)15/h1-5H,6,18H2. The summed E-state index contributed by atoms with van der Waals surface area (Å²) in [5, 5.41) is 0. The molecule has 2 N–H and O–H groups in total. The highest BCUT2D eigenvalue weighted by Gasteiger charge is 2.14. The van der Waals surface area contributed by atoms with Crippen molar-refractivity contribution in [1.82, 2.24) is 0 Å². The van der Waals surface area contributed by atoms with Crippen molar-refractivity contribution < 1.29 is 17.9 Å². The zero-order chi connectivity index (χ0) is 14.0. The lowest BCUT2D eigenvalue weighted by molar-refractivity contribution is 0.396. The van der Waals surface area contributed by atoms with Crippen LogP contribution in [0.3, 0.4) is 0 Å². The van der Waals surface area contributed by atoms with Gasteiger partial charge in [0.05, 0.1) is 0 Å². The summed E-state index contributed by atoms with van der Waals surface area (Å²) in [5.41, 5.74) is 5.94. The van der Waals surface area contributed by atoms with E-state index in [0.717, 1.165) is 6.07 Å². The Hall–Kier alpha value is -1.53. The Balaban J connectivity index is 2.36. The lowest BCUT2D eigenvalue weighted by atomic mass is 10.2. The molecule has 0 heterocycles. The molecule has 0 fully saturated rings. The minimum atomic E-state index is -1.18. The molecule has 2 rings (SSSR count). The molecule has 0 bridgehead atoms. The van der Waals surface area contributed by atoms with E-state index in [-0.39, 0.29) is 12.3 Å². The zero-order valence-corrected chi connectivity index (χ0v) is 11.2. The molecule has 2 nitrogen and oxygen atoms in total. The Labute approximate surface area is 116 Å². The van der Waals surface area contributed by atoms with Crippen LogP contribution in [0.1, 0.15) is 5.56 Å². The summed E-state index contributed by atoms with van der Waals surface area (Å²) in [5.74, 6) is -3.54. The first-order chi connectivity index (χ1) is 9.01. The van der Waals surface area contributed by atoms with Crippen LogP contribution in [0, 0.1) is 17.5 Å². The normalized spacial score (nSPS) is 10.6. The summed E-state index contributed by atoms with van der Waals surface area (Å²) in [6, 6.07) is 6.22. The summed E-state index contributed by atoms with van der Waals surface area (Å²) in [4.78, 5) is 0. The number of halogens is 4. The van der Waals surface area contributed by atoms with E-state index in [2.05, 4.69) is 15.9 Å². The molecule has 0 aliphatic carbocycles. The Morgan fingerprint density at radius 3 is 2.37 bits per heavy atom. The lowest BCUT2D eigenvalue weighted by Gasteiger charge is -2.09. The molecule has 0 atom stereocenters. The Bertz CT molecular complexity index is 619. The molecule has 6 heteroatoms. The summed E-state index contributed by atoms with van der Waals surface area (Å²) in [6.07, 6.45) is 0. The lowest BCUT2D eigenvalue weighted by Crippen LogP contribution is -1.98. The first kappa shape index (κ1) is 13.9. The monoisotopic (exact) mass is 331 g/mol. The van der Waals surface area contributed by atoms with Gasteiger partial charge in [-0.1, -0.05) is 22.0 Å². The van der Waals surface area contributed by atoms with E-state index in [1.54, 1.807) is 6.07 Å². The fraction of sp³-hybridized carbons (Fsp3) is 0.0769. The van der Waals surface area contributed by atoms with Crippen LogP contribution in [-0.2, 0) is 6.54 Å². The van der Waals surface area contributed by atoms with Crippen molar-refractivity contribution in [2.24, 2.45) is 5.73 Å². The fourth-order valence-electron chi connectivity index (χ4n) is 1.48. The third kappa shape index (κ3) is 3.08. The number of nitrogens with two attached hydrogens (primary N) is 1. The largest absolute Gasteiger partial charge is 0.451 e. The van der Waals surface area contributed by atoms with Crippen LogP contribution in [-0.4, -0.2) is 0 Å². The van der Waals surface area contributed by atoms with Gasteiger partial charge in [-0.15, -0.1) is 0 Å². The third-order valence-electron chi connectivity index (χ3n) is 2.41. The van der Waals surface area contributed by atoms with Crippen LogP contribution in [0.15, 0.2) is 34.8 Å². The molecular weight excluding hydrogens is 323 g/mol. The van der Waals surface area contributed by atoms with Gasteiger partial charge in [-0.05, 0) is 29.8 Å². The van der Waals surface area contributed by atoms with E-state index in [1.807, 2.05) is 0 Å². The SMILES string of the molecule is NCc1ccc(Oc2cc(Br)cc(F)c2F)c(F)c1. The number of hydrogen-bond acceptors (Lipinski definition) is 2. The molecule has 0 spiro atoms. The van der Waals surface area contributed by atoms with E-state index in [1.165, 1.54) is 18.2 Å². The van der Waals surface area contributed by atoms with Gasteiger partial charge in [-0.25, -0.2) is 8.78 Å². The van der Waals surface area contributed by atoms with Crippen molar-refractivity contribution >= 4 is 15.9 Å². The van der Waals surface area contributed by atoms with Crippen LogP contribution in [0.4, 0.5) is 13.2 Å². The smallest absolute Gasteiger partial charge is 0.201 e. The van der Waals surface area contributed by atoms with E-state index in [4.69, 9.17) is 10.5 Å². The number of hydrogen-bond donors (Lipinski definition) is 1. The second kappa shape index (κ2) is 5.63. The van der Waals surface area contributed by atoms with E-state index >= 15 is 0 Å². The van der Waals surface area contributed by atoms with E-state index < -0.39 is 23.2 Å². The van der Waals surface area contributed by atoms with Gasteiger partial charge in [0.25, 0.3) is 0 Å². The molecule has 19 heavy (non-hydrogen) atoms. The molecule has 0 aromatic heterocycles. The fourth-order valence-corrected chi connectivity index (χ4v) is 1.89. The predicted molar refractivity (Wildman–Crippen MR) is 68.4 cm³/mol. The maximum atomic E-state index is 13.6. The second-order valence-corrected chi connectivity index (χ2v) is 4.69. The van der Waals surface area contributed by atoms with Gasteiger partial charge in [0.1, 0.15) is 0 Å². The first-order valence-corrected chi connectivity index (χ1v) is 6.11. The molecule has 2 aromatic rings. The van der Waals surface area contributed by atoms with Gasteiger partial charge in [0.2, 0.25) is 5.82 Å². The first-order valence-electron chi connectivity index (χ1n) is 5.32. The maximum absolute atomic E-state index is 13.6. The van der Waals surface area contributed by atoms with Crippen LogP contribution in [0.2, 0.25) is 0 Å². The van der Waals surface area contributed by atoms with Crippen molar-refractivity contribution in [3.63, 3.8) is 0 Å². The van der Waals surface area contributed by atoms with Crippen LogP contribution < -0.4 is 10.5 Å². The number of rotatable bonds is 3. The van der Waals surface area contributed by atoms with Gasteiger partial charge < -0.3 is 10.5 Å². The highest BCUT2D eigenvalue weighted by Crippen LogP contribution is 2.31. The molecular formula is C13H9BrF3NO. The number of benzene rings is 2. The molecule has 0 saturated carbocycles. The van der Waals surface area contributed by atoms with Gasteiger partial charge in [0.15, 0.2) is 23.1 Å². The molecule has 0 radical (unpaired) electrons. The van der Waals surface area contributed by atoms with Crippen LogP contribution >= 0.6 is 15.9 Å². The highest BCUT2D eigenvalue weighted by molar-refractivity contribution is 9.10. The zero-order valence-electron chi connectivity index (χ0n) is 9.59. The average molecular weight is 332 g/mol. The molecule has 0 unspecified atom stereocenters. The maximum Gasteiger partial charge on any atom is 0.201 e. The number of ether oxygens (including phenoxy) is 1. The van der Waals surface area contributed by atoms with E-state index in [0.29, 0.717) is 10.0 Å². The quantitative estimate of drug-likeness (QED) is 0.859. The van der Waals surface area contributed by atoms with Gasteiger partial charge in [-0.3, -0.25) is 0 Å². The molecule has 0 amide bonds. The molecule has 0 aliphatic heterocycles. The molecule has 100 valence electrons. The summed E-state index contributed by atoms with van der Waals surface area (Å²) in [6.45, 7) is 0.178. The molecule has 0 aliphatic rings. The summed E-state index contributed by atoms with van der Waals surface area (Å²) >= 11 is 3.00. The summed E-state index contributed by atoms with van der Waals surface area (Å²) in [7, 11) is 0. The second-order valence-electron chi connectivity index (χ2n) is 3.77. The third-order valence-corrected chi connectivity index (χ3v) is 2.87. The average Bonchev–Trinajstić information content (AvgIpc) is 2.37. The minimum absolute atomic E-state index is 0.178. The Morgan fingerprint density at radius 2 is 1.74 bits per heavy atom. The van der Waals surface area contributed by atoms with Crippen molar-refractivity contribution in [3.8, 4) is 11.5 Å². The predicted octanol–water partition coefficient (Wildman–Crippen LogP) is 4.12. The summed E-state index contributed by atoms with van der Waals surface area (Å²) < 4.78 is 45.6. The van der Waals surface area contributed by atoms with Crippen LogP contribution in [0.5, 0.6) is 11.5 Å². The Morgan fingerprint density at radius 1 is 1.00 bits per heavy atom. The topological polar surface area (TPSA) is 35.2 Å². The molecule has 0 saturated heterocycles. The molecule has 2 aromatic carbocycles. The van der Waals surface area contributed by atoms with Crippen molar-refractivity contribution in [2.45, 2.75) is 6.54 Å². The van der Waals surface area contributed by atoms with Crippen LogP contribution in [0.25, 0.3) is 0 Å². The van der Waals surface area contributed by atoms with Gasteiger partial charge in [0, 0.05) is 11.0 Å². The Kier molecular flexibility index (Phi) is 4.11. The van der Waals surface area contributed by atoms with Crippen molar-refractivity contribution in [2.75, 3.05) is 0 Å². The van der Waals surface area contributed by atoms with Crippen molar-refractivity contribution in [3.05, 3.63) is 57.8 Å². The minimum Gasteiger partial charge on any atom is -0.451 e. The highest BCUT2D eigenvalue weighted by atomic mass is 79.9. The van der Waals surface area contributed by atoms with Gasteiger partial charge >= 0.3 is 0 Å². The van der Waals surface area contributed by atoms with Crippen molar-refractivity contribution in [1.29, 1.82) is 0 Å².